The van der Waals surface area contributed by atoms with Gasteiger partial charge in [0.1, 0.15) is 0 Å². The molecule has 78 valence electrons. The first-order valence-electron chi connectivity index (χ1n) is 4.51. The van der Waals surface area contributed by atoms with Crippen LogP contribution >= 0.6 is 0 Å². The van der Waals surface area contributed by atoms with Gasteiger partial charge in [-0.3, -0.25) is 0 Å². The molecule has 4 heteroatoms. The third-order valence-electron chi connectivity index (χ3n) is 1.92. The molecule has 0 aliphatic heterocycles. The van der Waals surface area contributed by atoms with Crippen LogP contribution in [0.3, 0.4) is 0 Å². The van der Waals surface area contributed by atoms with Gasteiger partial charge in [0.25, 0.3) is 0 Å². The van der Waals surface area contributed by atoms with Crippen molar-refractivity contribution in [2.24, 2.45) is 15.4 Å². The van der Waals surface area contributed by atoms with Crippen molar-refractivity contribution in [1.29, 1.82) is 0 Å². The van der Waals surface area contributed by atoms with Gasteiger partial charge in [0.2, 0.25) is 12.2 Å². The number of isocyanates is 2. The van der Waals surface area contributed by atoms with Crippen LogP contribution in [0.4, 0.5) is 0 Å². The number of hydrogen-bond donors (Lipinski definition) is 0. The molecule has 14 heavy (non-hydrogen) atoms. The van der Waals surface area contributed by atoms with Crippen LogP contribution in [0.15, 0.2) is 9.98 Å². The first kappa shape index (κ1) is 12.8. The van der Waals surface area contributed by atoms with Gasteiger partial charge < -0.3 is 0 Å². The molecule has 4 nitrogen and oxygen atoms in total. The highest BCUT2D eigenvalue weighted by Gasteiger charge is 2.25. The summed E-state index contributed by atoms with van der Waals surface area (Å²) in [4.78, 5) is 27.3. The van der Waals surface area contributed by atoms with E-state index in [0.717, 1.165) is 6.42 Å². The van der Waals surface area contributed by atoms with Crippen molar-refractivity contribution < 1.29 is 9.59 Å². The average Bonchev–Trinajstić information content (AvgIpc) is 2.01. The van der Waals surface area contributed by atoms with Gasteiger partial charge in [-0.05, 0) is 25.2 Å². The fraction of sp³-hybridized carbons (Fsp3) is 0.800. The van der Waals surface area contributed by atoms with Crippen LogP contribution in [-0.4, -0.2) is 17.8 Å². The summed E-state index contributed by atoms with van der Waals surface area (Å²) in [5.41, 5.74) is -0.866. The molecular weight excluding hydrogens is 180 g/mol. The van der Waals surface area contributed by atoms with Gasteiger partial charge in [-0.15, -0.1) is 0 Å². The molecule has 0 atom stereocenters. The fourth-order valence-corrected chi connectivity index (χ4v) is 0.945. The Morgan fingerprint density at radius 2 is 1.36 bits per heavy atom. The number of aliphatic imine (C=N–C) groups is 2. The molecule has 0 radical (unpaired) electrons. The normalized spacial score (nSPS) is 14.9. The predicted molar refractivity (Wildman–Crippen MR) is 53.3 cm³/mol. The van der Waals surface area contributed by atoms with Crippen LogP contribution < -0.4 is 0 Å². The monoisotopic (exact) mass is 196 g/mol. The van der Waals surface area contributed by atoms with Gasteiger partial charge in [-0.1, -0.05) is 20.8 Å². The maximum absolute atomic E-state index is 10.1. The molecule has 0 aliphatic carbocycles. The third-order valence-corrected chi connectivity index (χ3v) is 1.92. The Hall–Kier alpha value is -1.24. The lowest BCUT2D eigenvalue weighted by Gasteiger charge is -2.23. The molecule has 0 spiro atoms. The Labute approximate surface area is 84.1 Å². The number of hydrogen-bond acceptors (Lipinski definition) is 4. The van der Waals surface area contributed by atoms with E-state index in [1.807, 2.05) is 0 Å². The Morgan fingerprint density at radius 1 is 0.929 bits per heavy atom. The Bertz CT molecular complexity index is 261. The zero-order valence-corrected chi connectivity index (χ0v) is 9.13. The van der Waals surface area contributed by atoms with E-state index in [-0.39, 0.29) is 5.41 Å². The molecule has 0 aromatic rings. The van der Waals surface area contributed by atoms with Crippen LogP contribution in [0.2, 0.25) is 0 Å². The fourth-order valence-electron chi connectivity index (χ4n) is 0.945. The number of rotatable bonds is 4. The summed E-state index contributed by atoms with van der Waals surface area (Å²) in [6.07, 6.45) is 4.23. The van der Waals surface area contributed by atoms with Gasteiger partial charge in [-0.2, -0.15) is 9.98 Å². The first-order valence-corrected chi connectivity index (χ1v) is 4.51. The second kappa shape index (κ2) is 4.85. The van der Waals surface area contributed by atoms with Crippen molar-refractivity contribution in [3.63, 3.8) is 0 Å². The van der Waals surface area contributed by atoms with E-state index < -0.39 is 5.66 Å². The second-order valence-corrected chi connectivity index (χ2v) is 4.68. The molecule has 0 saturated heterocycles. The molecule has 0 heterocycles. The smallest absolute Gasteiger partial charge is 0.211 e. The molecule has 0 aromatic heterocycles. The molecule has 0 N–H and O–H groups in total. The lowest BCUT2D eigenvalue weighted by atomic mass is 9.87. The summed E-state index contributed by atoms with van der Waals surface area (Å²) in [6.45, 7) is 7.84. The molecule has 0 fully saturated rings. The second-order valence-electron chi connectivity index (χ2n) is 4.68. The molecule has 0 aromatic carbocycles. The maximum atomic E-state index is 10.1. The highest BCUT2D eigenvalue weighted by Crippen LogP contribution is 2.27. The zero-order chi connectivity index (χ0) is 11.2. The van der Waals surface area contributed by atoms with E-state index >= 15 is 0 Å². The van der Waals surface area contributed by atoms with Gasteiger partial charge in [0.15, 0.2) is 5.66 Å². The summed E-state index contributed by atoms with van der Waals surface area (Å²) in [5.74, 6) is 0. The zero-order valence-electron chi connectivity index (χ0n) is 9.13. The van der Waals surface area contributed by atoms with E-state index in [1.165, 1.54) is 12.2 Å². The highest BCUT2D eigenvalue weighted by atomic mass is 16.1. The topological polar surface area (TPSA) is 58.9 Å². The van der Waals surface area contributed by atoms with Crippen molar-refractivity contribution in [1.82, 2.24) is 0 Å². The lowest BCUT2D eigenvalue weighted by Crippen LogP contribution is -2.21. The Kier molecular flexibility index (Phi) is 4.42. The quantitative estimate of drug-likeness (QED) is 0.511. The van der Waals surface area contributed by atoms with Crippen LogP contribution in [0, 0.1) is 5.41 Å². The summed E-state index contributed by atoms with van der Waals surface area (Å²) in [5, 5.41) is 0. The van der Waals surface area contributed by atoms with E-state index in [2.05, 4.69) is 30.8 Å². The SMILES string of the molecule is CC(C)(C)CCC(C)(N=C=O)N=C=O. The summed E-state index contributed by atoms with van der Waals surface area (Å²) in [6, 6.07) is 0. The Morgan fingerprint density at radius 3 is 1.64 bits per heavy atom. The number of carbonyl (C=O) groups excluding carboxylic acids is 2. The largest absolute Gasteiger partial charge is 0.237 e. The van der Waals surface area contributed by atoms with Crippen LogP contribution in [-0.2, 0) is 9.59 Å². The third kappa shape index (κ3) is 5.41. The number of nitrogens with zero attached hydrogens (tertiary/aromatic N) is 2. The van der Waals surface area contributed by atoms with Gasteiger partial charge in [0.05, 0.1) is 0 Å². The van der Waals surface area contributed by atoms with Crippen LogP contribution in [0.25, 0.3) is 0 Å². The minimum absolute atomic E-state index is 0.123. The van der Waals surface area contributed by atoms with Gasteiger partial charge in [-0.25, -0.2) is 9.59 Å². The first-order chi connectivity index (χ1) is 6.33. The molecule has 0 bridgehead atoms. The van der Waals surface area contributed by atoms with Crippen molar-refractivity contribution in [3.05, 3.63) is 0 Å². The van der Waals surface area contributed by atoms with Crippen LogP contribution in [0.1, 0.15) is 40.5 Å². The van der Waals surface area contributed by atoms with E-state index in [4.69, 9.17) is 0 Å². The standard InChI is InChI=1S/C10H16N2O2/c1-9(2,3)5-6-10(4,11-7-13)12-8-14/h5-6H2,1-4H3. The van der Waals surface area contributed by atoms with Crippen molar-refractivity contribution >= 4 is 12.2 Å². The minimum atomic E-state index is -0.989. The molecule has 0 saturated carbocycles. The molecule has 0 unspecified atom stereocenters. The van der Waals surface area contributed by atoms with Crippen molar-refractivity contribution in [3.8, 4) is 0 Å². The van der Waals surface area contributed by atoms with Gasteiger partial charge in [0, 0.05) is 0 Å². The van der Waals surface area contributed by atoms with Crippen molar-refractivity contribution in [2.75, 3.05) is 0 Å². The Balaban J connectivity index is 4.54. The molecule has 0 aliphatic rings. The minimum Gasteiger partial charge on any atom is -0.211 e. The van der Waals surface area contributed by atoms with E-state index in [0.29, 0.717) is 6.42 Å². The van der Waals surface area contributed by atoms with Gasteiger partial charge >= 0.3 is 0 Å². The molecule has 0 amide bonds. The summed E-state index contributed by atoms with van der Waals surface area (Å²) >= 11 is 0. The summed E-state index contributed by atoms with van der Waals surface area (Å²) in [7, 11) is 0. The van der Waals surface area contributed by atoms with E-state index in [9.17, 15) is 9.59 Å². The predicted octanol–water partition coefficient (Wildman–Crippen LogP) is 2.20. The molecular formula is C10H16N2O2. The lowest BCUT2D eigenvalue weighted by molar-refractivity contribution is 0.310. The molecule has 0 rings (SSSR count). The van der Waals surface area contributed by atoms with Crippen molar-refractivity contribution in [2.45, 2.75) is 46.2 Å². The summed E-state index contributed by atoms with van der Waals surface area (Å²) < 4.78 is 0. The average molecular weight is 196 g/mol. The van der Waals surface area contributed by atoms with Crippen LogP contribution in [0.5, 0.6) is 0 Å². The van der Waals surface area contributed by atoms with E-state index in [1.54, 1.807) is 6.92 Å². The highest BCUT2D eigenvalue weighted by molar-refractivity contribution is 5.38. The maximum Gasteiger partial charge on any atom is 0.237 e.